The molecule has 1 fully saturated rings. The van der Waals surface area contributed by atoms with Gasteiger partial charge in [0.05, 0.1) is 25.5 Å². The van der Waals surface area contributed by atoms with E-state index >= 15 is 0 Å². The number of ether oxygens (including phenoxy) is 2. The molecular formula is C27H40N4O4. The third-order valence-corrected chi connectivity index (χ3v) is 6.48. The molecule has 35 heavy (non-hydrogen) atoms. The molecule has 1 atom stereocenters. The molecule has 3 rings (SSSR count). The molecule has 1 aliphatic carbocycles. The minimum absolute atomic E-state index is 0.0133. The van der Waals surface area contributed by atoms with E-state index in [1.165, 1.54) is 0 Å². The van der Waals surface area contributed by atoms with Crippen molar-refractivity contribution >= 4 is 11.8 Å². The molecular weight excluding hydrogens is 444 g/mol. The van der Waals surface area contributed by atoms with Crippen LogP contribution < -0.4 is 20.1 Å². The van der Waals surface area contributed by atoms with E-state index in [4.69, 9.17) is 9.47 Å². The molecule has 192 valence electrons. The Kier molecular flexibility index (Phi) is 9.18. The Morgan fingerprint density at radius 1 is 1.09 bits per heavy atom. The fraction of sp³-hybridized carbons (Fsp3) is 0.593. The summed E-state index contributed by atoms with van der Waals surface area (Å²) in [6, 6.07) is 7.33. The molecule has 1 unspecified atom stereocenters. The zero-order valence-electron chi connectivity index (χ0n) is 21.9. The lowest BCUT2D eigenvalue weighted by molar-refractivity contribution is -0.122. The fourth-order valence-electron chi connectivity index (χ4n) is 4.57. The summed E-state index contributed by atoms with van der Waals surface area (Å²) in [5, 5.41) is 10.8. The largest absolute Gasteiger partial charge is 0.496 e. The van der Waals surface area contributed by atoms with Crippen LogP contribution in [-0.2, 0) is 11.3 Å². The standard InChI is InChI=1S/C27H40N4O4/c1-17(2)16-31-22(26-23(34-5)12-9-13-24(26)35-6)14-21(30-31)27(33)29-20(18(3)4)15-25(32)28-19-10-7-8-11-19/h9,12-14,17-20H,7-8,10-11,15-16H2,1-6H3,(H,28,32)(H,29,33). The zero-order valence-corrected chi connectivity index (χ0v) is 21.9. The van der Waals surface area contributed by atoms with Gasteiger partial charge in [0.25, 0.3) is 5.91 Å². The predicted molar refractivity (Wildman–Crippen MR) is 137 cm³/mol. The van der Waals surface area contributed by atoms with Crippen LogP contribution in [0, 0.1) is 11.8 Å². The molecule has 2 amide bonds. The van der Waals surface area contributed by atoms with Crippen LogP contribution in [0.1, 0.15) is 70.3 Å². The van der Waals surface area contributed by atoms with E-state index in [9.17, 15) is 9.59 Å². The number of benzene rings is 1. The van der Waals surface area contributed by atoms with Gasteiger partial charge in [-0.2, -0.15) is 5.10 Å². The first kappa shape index (κ1) is 26.6. The Morgan fingerprint density at radius 3 is 2.26 bits per heavy atom. The number of nitrogens with one attached hydrogen (secondary N) is 2. The average molecular weight is 485 g/mol. The highest BCUT2D eigenvalue weighted by Crippen LogP contribution is 2.38. The summed E-state index contributed by atoms with van der Waals surface area (Å²) in [5.74, 6) is 1.39. The van der Waals surface area contributed by atoms with Crippen LogP contribution in [-0.4, -0.2) is 47.9 Å². The van der Waals surface area contributed by atoms with E-state index in [-0.39, 0.29) is 36.2 Å². The van der Waals surface area contributed by atoms with Crippen molar-refractivity contribution in [3.8, 4) is 22.8 Å². The fourth-order valence-corrected chi connectivity index (χ4v) is 4.57. The monoisotopic (exact) mass is 484 g/mol. The second-order valence-corrected chi connectivity index (χ2v) is 10.1. The first-order valence-electron chi connectivity index (χ1n) is 12.6. The van der Waals surface area contributed by atoms with Crippen molar-refractivity contribution in [2.45, 2.75) is 78.4 Å². The maximum Gasteiger partial charge on any atom is 0.272 e. The summed E-state index contributed by atoms with van der Waals surface area (Å²) in [5.41, 5.74) is 1.80. The van der Waals surface area contributed by atoms with Gasteiger partial charge in [0.2, 0.25) is 5.91 Å². The van der Waals surface area contributed by atoms with Crippen LogP contribution in [0.3, 0.4) is 0 Å². The predicted octanol–water partition coefficient (Wildman–Crippen LogP) is 4.43. The van der Waals surface area contributed by atoms with Gasteiger partial charge in [-0.05, 0) is 42.9 Å². The Balaban J connectivity index is 1.85. The van der Waals surface area contributed by atoms with Gasteiger partial charge in [0.1, 0.15) is 11.5 Å². The number of hydrogen-bond acceptors (Lipinski definition) is 5. The minimum atomic E-state index is -0.296. The van der Waals surface area contributed by atoms with Crippen molar-refractivity contribution < 1.29 is 19.1 Å². The second kappa shape index (κ2) is 12.1. The molecule has 1 aromatic heterocycles. The van der Waals surface area contributed by atoms with Gasteiger partial charge in [0.15, 0.2) is 5.69 Å². The lowest BCUT2D eigenvalue weighted by atomic mass is 10.00. The molecule has 1 aliphatic rings. The van der Waals surface area contributed by atoms with Crippen molar-refractivity contribution in [1.82, 2.24) is 20.4 Å². The summed E-state index contributed by atoms with van der Waals surface area (Å²) in [4.78, 5) is 25.9. The number of nitrogens with zero attached hydrogens (tertiary/aromatic N) is 2. The van der Waals surface area contributed by atoms with Crippen molar-refractivity contribution in [2.75, 3.05) is 14.2 Å². The van der Waals surface area contributed by atoms with Crippen LogP contribution in [0.15, 0.2) is 24.3 Å². The van der Waals surface area contributed by atoms with Crippen LogP contribution >= 0.6 is 0 Å². The maximum atomic E-state index is 13.3. The molecule has 1 saturated carbocycles. The molecule has 8 nitrogen and oxygen atoms in total. The average Bonchev–Trinajstić information content (AvgIpc) is 3.47. The normalized spacial score (nSPS) is 14.9. The number of carbonyl (C=O) groups is 2. The van der Waals surface area contributed by atoms with Crippen LogP contribution in [0.25, 0.3) is 11.3 Å². The third kappa shape index (κ3) is 6.77. The Labute approximate surface area is 208 Å². The summed E-state index contributed by atoms with van der Waals surface area (Å²) >= 11 is 0. The first-order chi connectivity index (χ1) is 16.7. The molecule has 1 heterocycles. The van der Waals surface area contributed by atoms with E-state index in [1.807, 2.05) is 36.7 Å². The zero-order chi connectivity index (χ0) is 25.5. The lowest BCUT2D eigenvalue weighted by Crippen LogP contribution is -2.44. The summed E-state index contributed by atoms with van der Waals surface area (Å²) < 4.78 is 13.0. The molecule has 0 spiro atoms. The van der Waals surface area contributed by atoms with Crippen molar-refractivity contribution in [3.63, 3.8) is 0 Å². The number of aromatic nitrogens is 2. The molecule has 0 aliphatic heterocycles. The molecule has 1 aromatic carbocycles. The summed E-state index contributed by atoms with van der Waals surface area (Å²) in [6.07, 6.45) is 4.64. The minimum Gasteiger partial charge on any atom is -0.496 e. The highest BCUT2D eigenvalue weighted by Gasteiger charge is 2.26. The Hall–Kier alpha value is -3.03. The number of hydrogen-bond donors (Lipinski definition) is 2. The van der Waals surface area contributed by atoms with Gasteiger partial charge in [-0.15, -0.1) is 0 Å². The molecule has 0 radical (unpaired) electrons. The molecule has 8 heteroatoms. The molecule has 0 saturated heterocycles. The van der Waals surface area contributed by atoms with Gasteiger partial charge < -0.3 is 20.1 Å². The van der Waals surface area contributed by atoms with Gasteiger partial charge in [-0.1, -0.05) is 46.6 Å². The topological polar surface area (TPSA) is 94.5 Å². The smallest absolute Gasteiger partial charge is 0.272 e. The van der Waals surface area contributed by atoms with E-state index in [1.54, 1.807) is 20.3 Å². The van der Waals surface area contributed by atoms with Crippen LogP contribution in [0.5, 0.6) is 11.5 Å². The van der Waals surface area contributed by atoms with Gasteiger partial charge >= 0.3 is 0 Å². The third-order valence-electron chi connectivity index (χ3n) is 6.48. The van der Waals surface area contributed by atoms with Gasteiger partial charge in [0, 0.05) is 25.0 Å². The molecule has 0 bridgehead atoms. The maximum absolute atomic E-state index is 13.3. The molecule has 2 aromatic rings. The van der Waals surface area contributed by atoms with Crippen molar-refractivity contribution in [2.24, 2.45) is 11.8 Å². The van der Waals surface area contributed by atoms with Gasteiger partial charge in [-0.25, -0.2) is 0 Å². The number of amides is 2. The van der Waals surface area contributed by atoms with Crippen LogP contribution in [0.2, 0.25) is 0 Å². The van der Waals surface area contributed by atoms with E-state index in [0.29, 0.717) is 29.7 Å². The summed E-state index contributed by atoms with van der Waals surface area (Å²) in [7, 11) is 3.22. The number of carbonyl (C=O) groups excluding carboxylic acids is 2. The Bertz CT molecular complexity index is 986. The van der Waals surface area contributed by atoms with E-state index < -0.39 is 0 Å². The van der Waals surface area contributed by atoms with Crippen molar-refractivity contribution in [3.05, 3.63) is 30.0 Å². The second-order valence-electron chi connectivity index (χ2n) is 10.1. The van der Waals surface area contributed by atoms with Crippen molar-refractivity contribution in [1.29, 1.82) is 0 Å². The summed E-state index contributed by atoms with van der Waals surface area (Å²) in [6.45, 7) is 8.85. The number of rotatable bonds is 11. The lowest BCUT2D eigenvalue weighted by Gasteiger charge is -2.22. The number of methoxy groups -OCH3 is 2. The van der Waals surface area contributed by atoms with Crippen LogP contribution in [0.4, 0.5) is 0 Å². The highest BCUT2D eigenvalue weighted by atomic mass is 16.5. The molecule has 2 N–H and O–H groups in total. The van der Waals surface area contributed by atoms with E-state index in [0.717, 1.165) is 36.9 Å². The van der Waals surface area contributed by atoms with E-state index in [2.05, 4.69) is 29.6 Å². The SMILES string of the molecule is COc1cccc(OC)c1-c1cc(C(=O)NC(CC(=O)NC2CCCC2)C(C)C)nn1CC(C)C. The quantitative estimate of drug-likeness (QED) is 0.492. The Morgan fingerprint density at radius 2 is 1.71 bits per heavy atom. The van der Waals surface area contributed by atoms with Gasteiger partial charge in [-0.3, -0.25) is 14.3 Å². The highest BCUT2D eigenvalue weighted by molar-refractivity contribution is 5.94. The first-order valence-corrected chi connectivity index (χ1v) is 12.6.